The first-order valence-corrected chi connectivity index (χ1v) is 5.46. The van der Waals surface area contributed by atoms with E-state index in [1.54, 1.807) is 18.3 Å². The second-order valence-corrected chi connectivity index (χ2v) is 4.04. The highest BCUT2D eigenvalue weighted by atomic mass is 16.4. The summed E-state index contributed by atoms with van der Waals surface area (Å²) in [4.78, 5) is 39.7. The minimum absolute atomic E-state index is 0.142. The third-order valence-electron chi connectivity index (χ3n) is 2.57. The van der Waals surface area contributed by atoms with Crippen molar-refractivity contribution in [2.75, 3.05) is 0 Å². The first-order valence-electron chi connectivity index (χ1n) is 5.46. The molecule has 2 heterocycles. The zero-order valence-electron chi connectivity index (χ0n) is 10.1. The second kappa shape index (κ2) is 4.89. The van der Waals surface area contributed by atoms with Crippen molar-refractivity contribution >= 4 is 5.97 Å². The number of pyridine rings is 1. The van der Waals surface area contributed by atoms with Crippen LogP contribution >= 0.6 is 0 Å². The number of carboxylic acids is 1. The highest BCUT2D eigenvalue weighted by Gasteiger charge is 2.11. The molecular weight excluding hydrogens is 250 g/mol. The quantitative estimate of drug-likeness (QED) is 0.808. The Balaban J connectivity index is 2.43. The molecule has 0 amide bonds. The molecule has 2 N–H and O–H groups in total. The lowest BCUT2D eigenvalue weighted by Gasteiger charge is -2.06. The molecule has 0 saturated heterocycles. The molecule has 0 aliphatic heterocycles. The van der Waals surface area contributed by atoms with Gasteiger partial charge in [-0.15, -0.1) is 0 Å². The Bertz CT molecular complexity index is 728. The van der Waals surface area contributed by atoms with Crippen molar-refractivity contribution in [3.8, 4) is 0 Å². The Labute approximate surface area is 107 Å². The molecule has 0 atom stereocenters. The highest BCUT2D eigenvalue weighted by Crippen LogP contribution is 2.01. The average molecular weight is 261 g/mol. The second-order valence-electron chi connectivity index (χ2n) is 4.04. The predicted octanol–water partition coefficient (Wildman–Crippen LogP) is -0.0135. The fourth-order valence-corrected chi connectivity index (χ4v) is 1.57. The van der Waals surface area contributed by atoms with Gasteiger partial charge in [0.15, 0.2) is 0 Å². The van der Waals surface area contributed by atoms with E-state index in [0.717, 1.165) is 22.0 Å². The summed E-state index contributed by atoms with van der Waals surface area (Å²) in [5, 5.41) is 8.84. The van der Waals surface area contributed by atoms with E-state index in [1.165, 1.54) is 0 Å². The molecule has 0 aliphatic rings. The first kappa shape index (κ1) is 12.7. The fraction of sp³-hybridized carbons (Fsp3) is 0.167. The van der Waals surface area contributed by atoms with E-state index in [4.69, 9.17) is 5.11 Å². The Morgan fingerprint density at radius 2 is 2.16 bits per heavy atom. The molecule has 0 aromatic carbocycles. The van der Waals surface area contributed by atoms with Gasteiger partial charge in [-0.2, -0.15) is 0 Å². The van der Waals surface area contributed by atoms with Crippen LogP contribution in [-0.2, 0) is 6.54 Å². The van der Waals surface area contributed by atoms with E-state index in [1.807, 2.05) is 11.9 Å². The summed E-state index contributed by atoms with van der Waals surface area (Å²) in [5.41, 5.74) is -0.467. The number of rotatable bonds is 3. The summed E-state index contributed by atoms with van der Waals surface area (Å²) in [5.74, 6) is -1.38. The Hall–Kier alpha value is -2.70. The molecule has 98 valence electrons. The van der Waals surface area contributed by atoms with Gasteiger partial charge in [0.2, 0.25) is 0 Å². The van der Waals surface area contributed by atoms with Gasteiger partial charge < -0.3 is 5.11 Å². The van der Waals surface area contributed by atoms with E-state index < -0.39 is 22.8 Å². The van der Waals surface area contributed by atoms with Crippen LogP contribution in [0.1, 0.15) is 21.6 Å². The number of nitrogens with one attached hydrogen (secondary N) is 1. The van der Waals surface area contributed by atoms with Crippen LogP contribution < -0.4 is 11.2 Å². The maximum Gasteiger partial charge on any atom is 0.342 e. The SMILES string of the molecule is Cc1ccc(Cn2cc(C(=O)O)c(=O)[nH]c2=O)cn1. The number of nitrogens with zero attached hydrogens (tertiary/aromatic N) is 2. The molecule has 2 aromatic rings. The maximum absolute atomic E-state index is 11.6. The third kappa shape index (κ3) is 2.76. The van der Waals surface area contributed by atoms with E-state index in [9.17, 15) is 14.4 Å². The van der Waals surface area contributed by atoms with E-state index in [-0.39, 0.29) is 6.54 Å². The molecule has 2 rings (SSSR count). The van der Waals surface area contributed by atoms with Crippen LogP contribution in [-0.4, -0.2) is 25.6 Å². The minimum Gasteiger partial charge on any atom is -0.477 e. The van der Waals surface area contributed by atoms with Crippen LogP contribution in [0.4, 0.5) is 0 Å². The molecule has 0 fully saturated rings. The number of aryl methyl sites for hydroxylation is 1. The molecule has 7 heteroatoms. The van der Waals surface area contributed by atoms with Gasteiger partial charge in [0, 0.05) is 18.1 Å². The topological polar surface area (TPSA) is 105 Å². The maximum atomic E-state index is 11.6. The summed E-state index contributed by atoms with van der Waals surface area (Å²) in [6.07, 6.45) is 2.62. The van der Waals surface area contributed by atoms with E-state index in [2.05, 4.69) is 4.98 Å². The molecule has 0 saturated carbocycles. The molecule has 7 nitrogen and oxygen atoms in total. The molecule has 0 aliphatic carbocycles. The minimum atomic E-state index is -1.38. The summed E-state index contributed by atoms with van der Waals surface area (Å²) >= 11 is 0. The molecule has 2 aromatic heterocycles. The average Bonchev–Trinajstić information content (AvgIpc) is 2.34. The van der Waals surface area contributed by atoms with Crippen LogP contribution in [0.3, 0.4) is 0 Å². The van der Waals surface area contributed by atoms with Crippen molar-refractivity contribution in [1.29, 1.82) is 0 Å². The summed E-state index contributed by atoms with van der Waals surface area (Å²) < 4.78 is 1.12. The lowest BCUT2D eigenvalue weighted by Crippen LogP contribution is -2.33. The number of carboxylic acid groups (broad SMARTS) is 1. The van der Waals surface area contributed by atoms with Crippen molar-refractivity contribution < 1.29 is 9.90 Å². The van der Waals surface area contributed by atoms with Gasteiger partial charge in [0.1, 0.15) is 5.56 Å². The van der Waals surface area contributed by atoms with Crippen LogP contribution in [0.2, 0.25) is 0 Å². The molecule has 19 heavy (non-hydrogen) atoms. The smallest absolute Gasteiger partial charge is 0.342 e. The molecule has 0 unspecified atom stereocenters. The molecule has 0 radical (unpaired) electrons. The standard InChI is InChI=1S/C12H11N3O4/c1-7-2-3-8(4-13-7)5-15-6-9(11(17)18)10(16)14-12(15)19/h2-4,6H,5H2,1H3,(H,17,18)(H,14,16,19). The summed E-state index contributed by atoms with van der Waals surface area (Å²) in [6, 6.07) is 3.56. The highest BCUT2D eigenvalue weighted by molar-refractivity contribution is 5.86. The van der Waals surface area contributed by atoms with E-state index >= 15 is 0 Å². The largest absolute Gasteiger partial charge is 0.477 e. The summed E-state index contributed by atoms with van der Waals surface area (Å²) in [6.45, 7) is 1.97. The Morgan fingerprint density at radius 1 is 1.42 bits per heavy atom. The van der Waals surface area contributed by atoms with Gasteiger partial charge in [-0.3, -0.25) is 19.3 Å². The van der Waals surface area contributed by atoms with Crippen molar-refractivity contribution in [2.24, 2.45) is 0 Å². The van der Waals surface area contributed by atoms with Crippen molar-refractivity contribution in [3.63, 3.8) is 0 Å². The first-order chi connectivity index (χ1) is 8.97. The van der Waals surface area contributed by atoms with Crippen LogP contribution in [0.25, 0.3) is 0 Å². The van der Waals surface area contributed by atoms with Gasteiger partial charge in [-0.1, -0.05) is 6.07 Å². The third-order valence-corrected chi connectivity index (χ3v) is 2.57. The molecular formula is C12H11N3O4. The number of hydrogen-bond donors (Lipinski definition) is 2. The number of aromatic nitrogens is 3. The lowest BCUT2D eigenvalue weighted by molar-refractivity contribution is 0.0693. The Morgan fingerprint density at radius 3 is 2.74 bits per heavy atom. The van der Waals surface area contributed by atoms with Crippen LogP contribution in [0, 0.1) is 6.92 Å². The normalized spacial score (nSPS) is 10.4. The van der Waals surface area contributed by atoms with Gasteiger partial charge in [-0.25, -0.2) is 9.59 Å². The monoisotopic (exact) mass is 261 g/mol. The van der Waals surface area contributed by atoms with Crippen LogP contribution in [0.5, 0.6) is 0 Å². The van der Waals surface area contributed by atoms with Gasteiger partial charge >= 0.3 is 11.7 Å². The van der Waals surface area contributed by atoms with Crippen molar-refractivity contribution in [1.82, 2.24) is 14.5 Å². The predicted molar refractivity (Wildman–Crippen MR) is 66.4 cm³/mol. The fourth-order valence-electron chi connectivity index (χ4n) is 1.57. The van der Waals surface area contributed by atoms with Crippen molar-refractivity contribution in [3.05, 3.63) is 62.2 Å². The number of H-pyrrole nitrogens is 1. The van der Waals surface area contributed by atoms with Gasteiger partial charge in [0.05, 0.1) is 6.54 Å². The number of hydrogen-bond acceptors (Lipinski definition) is 4. The number of aromatic carboxylic acids is 1. The lowest BCUT2D eigenvalue weighted by atomic mass is 10.2. The zero-order valence-corrected chi connectivity index (χ0v) is 10.1. The van der Waals surface area contributed by atoms with E-state index in [0.29, 0.717) is 0 Å². The van der Waals surface area contributed by atoms with Gasteiger partial charge in [0.25, 0.3) is 5.56 Å². The zero-order chi connectivity index (χ0) is 14.0. The number of carbonyl (C=O) groups is 1. The van der Waals surface area contributed by atoms with Crippen molar-refractivity contribution in [2.45, 2.75) is 13.5 Å². The van der Waals surface area contributed by atoms with Gasteiger partial charge in [-0.05, 0) is 18.6 Å². The number of aromatic amines is 1. The van der Waals surface area contributed by atoms with Crippen LogP contribution in [0.15, 0.2) is 34.1 Å². The molecule has 0 bridgehead atoms. The molecule has 0 spiro atoms. The Kier molecular flexibility index (Phi) is 3.28. The summed E-state index contributed by atoms with van der Waals surface area (Å²) in [7, 11) is 0.